The van der Waals surface area contributed by atoms with Crippen molar-refractivity contribution in [2.45, 2.75) is 44.9 Å². The molecule has 120 valence electrons. The molecule has 0 aliphatic heterocycles. The summed E-state index contributed by atoms with van der Waals surface area (Å²) in [7, 11) is -3.42. The van der Waals surface area contributed by atoms with Crippen molar-refractivity contribution >= 4 is 10.0 Å². The fourth-order valence-electron chi connectivity index (χ4n) is 2.25. The molecule has 0 saturated heterocycles. The van der Waals surface area contributed by atoms with Gasteiger partial charge >= 0.3 is 0 Å². The van der Waals surface area contributed by atoms with E-state index in [-0.39, 0.29) is 5.92 Å². The van der Waals surface area contributed by atoms with Crippen LogP contribution in [0.15, 0.2) is 29.2 Å². The highest BCUT2D eigenvalue weighted by molar-refractivity contribution is 7.89. The first-order chi connectivity index (χ1) is 9.91. The maximum atomic E-state index is 12.7. The maximum Gasteiger partial charge on any atom is 0.243 e. The zero-order valence-electron chi connectivity index (χ0n) is 13.4. The molecule has 4 nitrogen and oxygen atoms in total. The largest absolute Gasteiger partial charge is 0.330 e. The van der Waals surface area contributed by atoms with E-state index in [9.17, 15) is 8.42 Å². The highest BCUT2D eigenvalue weighted by atomic mass is 32.2. The Morgan fingerprint density at radius 3 is 2.29 bits per heavy atom. The van der Waals surface area contributed by atoms with Gasteiger partial charge in [0.2, 0.25) is 10.0 Å². The highest BCUT2D eigenvalue weighted by Crippen LogP contribution is 2.18. The molecule has 0 aliphatic rings. The molecule has 0 fully saturated rings. The summed E-state index contributed by atoms with van der Waals surface area (Å²) in [6, 6.07) is 7.26. The van der Waals surface area contributed by atoms with Crippen LogP contribution in [-0.2, 0) is 16.4 Å². The van der Waals surface area contributed by atoms with E-state index in [0.717, 1.165) is 12.8 Å². The fraction of sp³-hybridized carbons (Fsp3) is 0.625. The molecular weight excluding hydrogens is 284 g/mol. The van der Waals surface area contributed by atoms with Gasteiger partial charge in [0, 0.05) is 13.1 Å². The van der Waals surface area contributed by atoms with Crippen molar-refractivity contribution < 1.29 is 8.42 Å². The Morgan fingerprint density at radius 2 is 1.81 bits per heavy atom. The van der Waals surface area contributed by atoms with Gasteiger partial charge in [-0.2, -0.15) is 4.31 Å². The Morgan fingerprint density at radius 1 is 1.19 bits per heavy atom. The van der Waals surface area contributed by atoms with Gasteiger partial charge in [0.05, 0.1) is 4.90 Å². The number of hydrogen-bond acceptors (Lipinski definition) is 3. The van der Waals surface area contributed by atoms with Gasteiger partial charge in [0.25, 0.3) is 0 Å². The molecule has 0 amide bonds. The standard InChI is InChI=1S/C16H28N2O2S/c1-4-6-15-7-9-16(10-8-15)21(19,20)18(12-5-11-17)13-14(2)3/h7-10,14H,4-6,11-13,17H2,1-3H3. The second kappa shape index (κ2) is 8.51. The predicted molar refractivity (Wildman–Crippen MR) is 87.7 cm³/mol. The second-order valence-electron chi connectivity index (χ2n) is 5.79. The van der Waals surface area contributed by atoms with E-state index in [2.05, 4.69) is 6.92 Å². The molecular formula is C16H28N2O2S. The van der Waals surface area contributed by atoms with Crippen molar-refractivity contribution in [3.8, 4) is 0 Å². The zero-order chi connectivity index (χ0) is 15.9. The van der Waals surface area contributed by atoms with Crippen LogP contribution in [-0.4, -0.2) is 32.4 Å². The van der Waals surface area contributed by atoms with E-state index in [1.807, 2.05) is 26.0 Å². The van der Waals surface area contributed by atoms with Crippen LogP contribution in [0.5, 0.6) is 0 Å². The SMILES string of the molecule is CCCc1ccc(S(=O)(=O)N(CCCN)CC(C)C)cc1. The minimum Gasteiger partial charge on any atom is -0.330 e. The number of sulfonamides is 1. The molecule has 5 heteroatoms. The third-order valence-corrected chi connectivity index (χ3v) is 5.16. The Hall–Kier alpha value is -0.910. The Kier molecular flexibility index (Phi) is 7.35. The molecule has 0 heterocycles. The van der Waals surface area contributed by atoms with Crippen LogP contribution < -0.4 is 5.73 Å². The number of hydrogen-bond donors (Lipinski definition) is 1. The van der Waals surface area contributed by atoms with Gasteiger partial charge in [-0.1, -0.05) is 39.3 Å². The normalized spacial score (nSPS) is 12.3. The number of nitrogens with zero attached hydrogens (tertiary/aromatic N) is 1. The van der Waals surface area contributed by atoms with Crippen molar-refractivity contribution in [2.24, 2.45) is 11.7 Å². The van der Waals surface area contributed by atoms with E-state index in [1.165, 1.54) is 5.56 Å². The van der Waals surface area contributed by atoms with Crippen molar-refractivity contribution in [3.05, 3.63) is 29.8 Å². The third kappa shape index (κ3) is 5.41. The van der Waals surface area contributed by atoms with Gasteiger partial charge in [0.15, 0.2) is 0 Å². The van der Waals surface area contributed by atoms with Crippen LogP contribution in [0.2, 0.25) is 0 Å². The summed E-state index contributed by atoms with van der Waals surface area (Å²) in [5.41, 5.74) is 6.70. The molecule has 0 aromatic heterocycles. The Bertz CT molecular complexity index is 510. The van der Waals surface area contributed by atoms with Crippen LogP contribution in [0, 0.1) is 5.92 Å². The van der Waals surface area contributed by atoms with E-state index >= 15 is 0 Å². The van der Waals surface area contributed by atoms with Crippen LogP contribution in [0.25, 0.3) is 0 Å². The Labute approximate surface area is 129 Å². The molecule has 0 bridgehead atoms. The molecule has 2 N–H and O–H groups in total. The van der Waals surface area contributed by atoms with Gasteiger partial charge < -0.3 is 5.73 Å². The van der Waals surface area contributed by atoms with Gasteiger partial charge in [-0.25, -0.2) is 8.42 Å². The second-order valence-corrected chi connectivity index (χ2v) is 7.73. The van der Waals surface area contributed by atoms with Crippen molar-refractivity contribution in [3.63, 3.8) is 0 Å². The summed E-state index contributed by atoms with van der Waals surface area (Å²) in [4.78, 5) is 0.375. The molecule has 21 heavy (non-hydrogen) atoms. The van der Waals surface area contributed by atoms with Crippen LogP contribution in [0.4, 0.5) is 0 Å². The summed E-state index contributed by atoms with van der Waals surface area (Å²) >= 11 is 0. The van der Waals surface area contributed by atoms with Gasteiger partial charge in [-0.15, -0.1) is 0 Å². The number of benzene rings is 1. The van der Waals surface area contributed by atoms with Gasteiger partial charge in [-0.3, -0.25) is 0 Å². The number of nitrogens with two attached hydrogens (primary N) is 1. The van der Waals surface area contributed by atoms with E-state index in [1.54, 1.807) is 16.4 Å². The average Bonchev–Trinajstić information content (AvgIpc) is 2.44. The molecule has 0 aliphatic carbocycles. The summed E-state index contributed by atoms with van der Waals surface area (Å²) in [5.74, 6) is 0.289. The van der Waals surface area contributed by atoms with E-state index in [4.69, 9.17) is 5.73 Å². The predicted octanol–water partition coefficient (Wildman–Crippen LogP) is 2.63. The van der Waals surface area contributed by atoms with Crippen LogP contribution in [0.3, 0.4) is 0 Å². The topological polar surface area (TPSA) is 63.4 Å². The molecule has 0 saturated carbocycles. The van der Waals surface area contributed by atoms with Crippen molar-refractivity contribution in [1.82, 2.24) is 4.31 Å². The molecule has 1 aromatic rings. The first-order valence-electron chi connectivity index (χ1n) is 7.71. The molecule has 0 atom stereocenters. The molecule has 0 radical (unpaired) electrons. The first kappa shape index (κ1) is 18.1. The average molecular weight is 312 g/mol. The molecule has 0 unspecified atom stereocenters. The summed E-state index contributed by atoms with van der Waals surface area (Å²) in [5, 5.41) is 0. The zero-order valence-corrected chi connectivity index (χ0v) is 14.2. The van der Waals surface area contributed by atoms with Crippen molar-refractivity contribution in [2.75, 3.05) is 19.6 Å². The minimum atomic E-state index is -3.42. The lowest BCUT2D eigenvalue weighted by Crippen LogP contribution is -2.35. The Balaban J connectivity index is 2.97. The first-order valence-corrected chi connectivity index (χ1v) is 9.15. The summed E-state index contributed by atoms with van der Waals surface area (Å²) in [6.07, 6.45) is 2.71. The molecule has 1 aromatic carbocycles. The van der Waals surface area contributed by atoms with E-state index < -0.39 is 10.0 Å². The molecule has 1 rings (SSSR count). The molecule has 0 spiro atoms. The van der Waals surface area contributed by atoms with E-state index in [0.29, 0.717) is 31.0 Å². The minimum absolute atomic E-state index is 0.289. The summed E-state index contributed by atoms with van der Waals surface area (Å²) < 4.78 is 27.0. The third-order valence-electron chi connectivity index (χ3n) is 3.28. The quantitative estimate of drug-likeness (QED) is 0.762. The lowest BCUT2D eigenvalue weighted by atomic mass is 10.1. The summed E-state index contributed by atoms with van der Waals surface area (Å²) in [6.45, 7) is 7.67. The van der Waals surface area contributed by atoms with Gasteiger partial charge in [0.1, 0.15) is 0 Å². The van der Waals surface area contributed by atoms with Crippen LogP contribution >= 0.6 is 0 Å². The van der Waals surface area contributed by atoms with Crippen molar-refractivity contribution in [1.29, 1.82) is 0 Å². The number of aryl methyl sites for hydroxylation is 1. The smallest absolute Gasteiger partial charge is 0.243 e. The monoisotopic (exact) mass is 312 g/mol. The fourth-order valence-corrected chi connectivity index (χ4v) is 3.89. The highest BCUT2D eigenvalue weighted by Gasteiger charge is 2.24. The lowest BCUT2D eigenvalue weighted by molar-refractivity contribution is 0.364. The number of rotatable bonds is 9. The lowest BCUT2D eigenvalue weighted by Gasteiger charge is -2.24. The maximum absolute atomic E-state index is 12.7. The van der Waals surface area contributed by atoms with Crippen LogP contribution in [0.1, 0.15) is 39.2 Å². The van der Waals surface area contributed by atoms with Gasteiger partial charge in [-0.05, 0) is 43.0 Å².